The van der Waals surface area contributed by atoms with E-state index in [1.807, 2.05) is 24.5 Å². The Morgan fingerprint density at radius 1 is 1.31 bits per heavy atom. The van der Waals surface area contributed by atoms with Crippen molar-refractivity contribution >= 4 is 5.69 Å². The van der Waals surface area contributed by atoms with Gasteiger partial charge in [-0.1, -0.05) is 13.8 Å². The van der Waals surface area contributed by atoms with Gasteiger partial charge < -0.3 is 5.32 Å². The molecule has 70 valence electrons. The lowest BCUT2D eigenvalue weighted by Crippen LogP contribution is -2.27. The van der Waals surface area contributed by atoms with Gasteiger partial charge in [0.25, 0.3) is 0 Å². The lowest BCUT2D eigenvalue weighted by atomic mass is 10.0. The van der Waals surface area contributed by atoms with Gasteiger partial charge in [-0.2, -0.15) is 0 Å². The van der Waals surface area contributed by atoms with E-state index < -0.39 is 0 Å². The Morgan fingerprint density at radius 3 is 2.38 bits per heavy atom. The van der Waals surface area contributed by atoms with Crippen molar-refractivity contribution in [3.63, 3.8) is 0 Å². The average molecular weight is 176 g/mol. The van der Waals surface area contributed by atoms with E-state index in [-0.39, 0.29) is 0 Å². The molecule has 0 radical (unpaired) electrons. The summed E-state index contributed by atoms with van der Waals surface area (Å²) in [5.41, 5.74) is 1.57. The molecule has 0 spiro atoms. The van der Waals surface area contributed by atoms with Gasteiger partial charge in [-0.25, -0.2) is 0 Å². The second-order valence-corrected chi connectivity index (χ2v) is 4.17. The van der Waals surface area contributed by atoms with Gasteiger partial charge in [-0.3, -0.25) is 4.98 Å². The van der Waals surface area contributed by atoms with Gasteiger partial charge in [-0.15, -0.1) is 0 Å². The molecule has 1 fully saturated rings. The van der Waals surface area contributed by atoms with Crippen LogP contribution in [0.2, 0.25) is 0 Å². The van der Waals surface area contributed by atoms with E-state index in [1.165, 1.54) is 18.5 Å². The highest BCUT2D eigenvalue weighted by molar-refractivity contribution is 5.46. The molecule has 1 aromatic rings. The molecule has 1 heterocycles. The minimum Gasteiger partial charge on any atom is -0.379 e. The lowest BCUT2D eigenvalue weighted by molar-refractivity contribution is 0.512. The minimum atomic E-state index is 0.376. The number of anilines is 1. The highest BCUT2D eigenvalue weighted by atomic mass is 15.0. The van der Waals surface area contributed by atoms with Crippen molar-refractivity contribution in [2.24, 2.45) is 5.92 Å². The predicted octanol–water partition coefficient (Wildman–Crippen LogP) is 2.68. The quantitative estimate of drug-likeness (QED) is 0.766. The molecule has 13 heavy (non-hydrogen) atoms. The van der Waals surface area contributed by atoms with E-state index in [2.05, 4.69) is 24.1 Å². The van der Waals surface area contributed by atoms with Crippen LogP contribution in [0, 0.1) is 5.92 Å². The molecule has 0 amide bonds. The maximum absolute atomic E-state index is 4.00. The van der Waals surface area contributed by atoms with Crippen LogP contribution >= 0.6 is 0 Å². The van der Waals surface area contributed by atoms with Crippen LogP contribution < -0.4 is 5.32 Å². The molecule has 1 saturated carbocycles. The lowest BCUT2D eigenvalue weighted by Gasteiger charge is -2.22. The van der Waals surface area contributed by atoms with E-state index in [9.17, 15) is 0 Å². The van der Waals surface area contributed by atoms with Crippen LogP contribution in [0.25, 0.3) is 0 Å². The maximum atomic E-state index is 4.00. The second kappa shape index (κ2) is 3.02. The Hall–Kier alpha value is -1.05. The average Bonchev–Trinajstić information content (AvgIpc) is 2.87. The summed E-state index contributed by atoms with van der Waals surface area (Å²) in [5, 5.41) is 3.59. The molecule has 1 aromatic heterocycles. The normalized spacial score (nSPS) is 18.7. The van der Waals surface area contributed by atoms with Crippen molar-refractivity contribution in [2.45, 2.75) is 32.2 Å². The molecule has 2 nitrogen and oxygen atoms in total. The van der Waals surface area contributed by atoms with Crippen LogP contribution in [0.5, 0.6) is 0 Å². The summed E-state index contributed by atoms with van der Waals surface area (Å²) in [6, 6.07) is 4.06. The molecule has 0 atom stereocenters. The van der Waals surface area contributed by atoms with E-state index in [4.69, 9.17) is 0 Å². The third-order valence-electron chi connectivity index (χ3n) is 2.97. The first-order valence-corrected chi connectivity index (χ1v) is 4.91. The van der Waals surface area contributed by atoms with Gasteiger partial charge in [-0.05, 0) is 30.9 Å². The molecule has 1 N–H and O–H groups in total. The van der Waals surface area contributed by atoms with Crippen LogP contribution in [-0.2, 0) is 0 Å². The third-order valence-corrected chi connectivity index (χ3v) is 2.97. The molecule has 1 aliphatic carbocycles. The summed E-state index contributed by atoms with van der Waals surface area (Å²) < 4.78 is 0. The fraction of sp³-hybridized carbons (Fsp3) is 0.545. The summed E-state index contributed by atoms with van der Waals surface area (Å²) in [5.74, 6) is 0.709. The number of nitrogens with one attached hydrogen (secondary N) is 1. The van der Waals surface area contributed by atoms with Gasteiger partial charge in [0.15, 0.2) is 0 Å². The number of pyridine rings is 1. The standard InChI is InChI=1S/C11H16N2/c1-9(2)11(5-6-11)13-10-3-7-12-8-4-10/h3-4,7-9H,5-6H2,1-2H3,(H,12,13). The highest BCUT2D eigenvalue weighted by Crippen LogP contribution is 2.44. The highest BCUT2D eigenvalue weighted by Gasteiger charge is 2.45. The zero-order valence-electron chi connectivity index (χ0n) is 8.25. The topological polar surface area (TPSA) is 24.9 Å². The molecule has 0 aromatic carbocycles. The fourth-order valence-corrected chi connectivity index (χ4v) is 1.70. The molecule has 0 aliphatic heterocycles. The zero-order valence-corrected chi connectivity index (χ0v) is 8.25. The predicted molar refractivity (Wildman–Crippen MR) is 54.7 cm³/mol. The molecule has 2 heteroatoms. The summed E-state index contributed by atoms with van der Waals surface area (Å²) in [6.07, 6.45) is 6.26. The van der Waals surface area contributed by atoms with Crippen molar-refractivity contribution in [3.05, 3.63) is 24.5 Å². The number of hydrogen-bond donors (Lipinski definition) is 1. The first-order valence-electron chi connectivity index (χ1n) is 4.91. The third kappa shape index (κ3) is 1.67. The van der Waals surface area contributed by atoms with Crippen LogP contribution in [0.1, 0.15) is 26.7 Å². The number of nitrogens with zero attached hydrogens (tertiary/aromatic N) is 1. The van der Waals surface area contributed by atoms with Crippen molar-refractivity contribution < 1.29 is 0 Å². The summed E-state index contributed by atoms with van der Waals surface area (Å²) in [7, 11) is 0. The summed E-state index contributed by atoms with van der Waals surface area (Å²) in [4.78, 5) is 4.00. The Labute approximate surface area is 79.4 Å². The molecule has 0 saturated heterocycles. The van der Waals surface area contributed by atoms with Crippen molar-refractivity contribution in [3.8, 4) is 0 Å². The van der Waals surface area contributed by atoms with E-state index in [1.54, 1.807) is 0 Å². The van der Waals surface area contributed by atoms with E-state index in [0.717, 1.165) is 0 Å². The van der Waals surface area contributed by atoms with Crippen LogP contribution in [-0.4, -0.2) is 10.5 Å². The van der Waals surface area contributed by atoms with Crippen molar-refractivity contribution in [1.82, 2.24) is 4.98 Å². The van der Waals surface area contributed by atoms with Gasteiger partial charge in [0.05, 0.1) is 0 Å². The van der Waals surface area contributed by atoms with Crippen LogP contribution in [0.4, 0.5) is 5.69 Å². The van der Waals surface area contributed by atoms with E-state index >= 15 is 0 Å². The maximum Gasteiger partial charge on any atom is 0.0398 e. The Balaban J connectivity index is 2.07. The number of aromatic nitrogens is 1. The number of rotatable bonds is 3. The molecular formula is C11H16N2. The summed E-state index contributed by atoms with van der Waals surface area (Å²) in [6.45, 7) is 4.56. The molecule has 0 bridgehead atoms. The van der Waals surface area contributed by atoms with Gasteiger partial charge >= 0.3 is 0 Å². The minimum absolute atomic E-state index is 0.376. The summed E-state index contributed by atoms with van der Waals surface area (Å²) >= 11 is 0. The Kier molecular flexibility index (Phi) is 1.98. The second-order valence-electron chi connectivity index (χ2n) is 4.17. The Bertz CT molecular complexity index is 275. The van der Waals surface area contributed by atoms with Gasteiger partial charge in [0.1, 0.15) is 0 Å². The molecule has 1 aliphatic rings. The SMILES string of the molecule is CC(C)C1(Nc2ccncc2)CC1. The molecule has 0 unspecified atom stereocenters. The smallest absolute Gasteiger partial charge is 0.0398 e. The Morgan fingerprint density at radius 2 is 1.92 bits per heavy atom. The van der Waals surface area contributed by atoms with E-state index in [0.29, 0.717) is 11.5 Å². The first-order chi connectivity index (χ1) is 6.23. The van der Waals surface area contributed by atoms with Gasteiger partial charge in [0, 0.05) is 23.6 Å². The largest absolute Gasteiger partial charge is 0.379 e. The van der Waals surface area contributed by atoms with Gasteiger partial charge in [0.2, 0.25) is 0 Å². The first kappa shape index (κ1) is 8.54. The number of hydrogen-bond acceptors (Lipinski definition) is 2. The van der Waals surface area contributed by atoms with Crippen LogP contribution in [0.3, 0.4) is 0 Å². The zero-order chi connectivity index (χ0) is 9.31. The van der Waals surface area contributed by atoms with Crippen molar-refractivity contribution in [2.75, 3.05) is 5.32 Å². The molecule has 2 rings (SSSR count). The molecular weight excluding hydrogens is 160 g/mol. The fourth-order valence-electron chi connectivity index (χ4n) is 1.70. The monoisotopic (exact) mass is 176 g/mol. The van der Waals surface area contributed by atoms with Crippen molar-refractivity contribution in [1.29, 1.82) is 0 Å². The van der Waals surface area contributed by atoms with Crippen LogP contribution in [0.15, 0.2) is 24.5 Å².